The highest BCUT2D eigenvalue weighted by atomic mass is 16.5. The second kappa shape index (κ2) is 5.89. The molecule has 2 N–H and O–H groups in total. The van der Waals surface area contributed by atoms with Crippen molar-refractivity contribution < 1.29 is 4.74 Å². The summed E-state index contributed by atoms with van der Waals surface area (Å²) in [7, 11) is 1.92. The fraction of sp³-hybridized carbons (Fsp3) is 0.400. The van der Waals surface area contributed by atoms with Gasteiger partial charge in [0.15, 0.2) is 0 Å². The van der Waals surface area contributed by atoms with Gasteiger partial charge in [0, 0.05) is 7.05 Å². The number of hydrogen-bond acceptors (Lipinski definition) is 3. The lowest BCUT2D eigenvalue weighted by Crippen LogP contribution is -2.15. The van der Waals surface area contributed by atoms with Crippen LogP contribution in [0, 0.1) is 6.92 Å². The molecule has 2 aromatic rings. The molecule has 0 spiro atoms. The van der Waals surface area contributed by atoms with Gasteiger partial charge in [0.2, 0.25) is 0 Å². The summed E-state index contributed by atoms with van der Waals surface area (Å²) in [4.78, 5) is 0. The van der Waals surface area contributed by atoms with E-state index in [1.54, 1.807) is 0 Å². The van der Waals surface area contributed by atoms with Crippen LogP contribution >= 0.6 is 0 Å². The predicted octanol–water partition coefficient (Wildman–Crippen LogP) is 2.57. The summed E-state index contributed by atoms with van der Waals surface area (Å²) in [5.41, 5.74) is 9.34. The van der Waals surface area contributed by atoms with Crippen molar-refractivity contribution in [2.75, 3.05) is 6.61 Å². The third-order valence-electron chi connectivity index (χ3n) is 3.07. The Morgan fingerprint density at radius 1 is 1.32 bits per heavy atom. The van der Waals surface area contributed by atoms with Crippen LogP contribution in [0.25, 0.3) is 0 Å². The highest BCUT2D eigenvalue weighted by molar-refractivity contribution is 5.33. The first-order valence-corrected chi connectivity index (χ1v) is 6.60. The fourth-order valence-electron chi connectivity index (χ4n) is 2.08. The van der Waals surface area contributed by atoms with Gasteiger partial charge < -0.3 is 10.5 Å². The van der Waals surface area contributed by atoms with E-state index in [9.17, 15) is 0 Å². The second-order valence-electron chi connectivity index (χ2n) is 4.73. The van der Waals surface area contributed by atoms with E-state index in [-0.39, 0.29) is 6.04 Å². The molecule has 0 bridgehead atoms. The van der Waals surface area contributed by atoms with Gasteiger partial charge in [-0.1, -0.05) is 19.1 Å². The van der Waals surface area contributed by atoms with Crippen LogP contribution in [0.3, 0.4) is 0 Å². The molecule has 4 nitrogen and oxygen atoms in total. The van der Waals surface area contributed by atoms with Gasteiger partial charge in [0.1, 0.15) is 5.75 Å². The maximum atomic E-state index is 6.28. The van der Waals surface area contributed by atoms with Crippen LogP contribution in [0.2, 0.25) is 0 Å². The molecule has 4 heteroatoms. The Kier molecular flexibility index (Phi) is 4.22. The first-order valence-electron chi connectivity index (χ1n) is 6.60. The number of rotatable bonds is 5. The van der Waals surface area contributed by atoms with Gasteiger partial charge in [-0.3, -0.25) is 4.68 Å². The average molecular weight is 259 g/mol. The maximum Gasteiger partial charge on any atom is 0.119 e. The van der Waals surface area contributed by atoms with Gasteiger partial charge in [-0.15, -0.1) is 0 Å². The Hall–Kier alpha value is -1.81. The van der Waals surface area contributed by atoms with Gasteiger partial charge >= 0.3 is 0 Å². The standard InChI is InChI=1S/C15H21N3O/c1-4-9-19-13-7-5-12(6-8-13)15(16)14-10-11(2)17-18(14)3/h5-8,10,15H,4,9,16H2,1-3H3. The number of benzene rings is 1. The lowest BCUT2D eigenvalue weighted by Gasteiger charge is -2.13. The van der Waals surface area contributed by atoms with E-state index < -0.39 is 0 Å². The van der Waals surface area contributed by atoms with Crippen molar-refractivity contribution in [2.45, 2.75) is 26.3 Å². The van der Waals surface area contributed by atoms with Crippen molar-refractivity contribution in [1.82, 2.24) is 9.78 Å². The van der Waals surface area contributed by atoms with E-state index >= 15 is 0 Å². The highest BCUT2D eigenvalue weighted by Crippen LogP contribution is 2.22. The summed E-state index contributed by atoms with van der Waals surface area (Å²) in [6.45, 7) is 4.80. The first-order chi connectivity index (χ1) is 9.11. The summed E-state index contributed by atoms with van der Waals surface area (Å²) < 4.78 is 7.40. The molecule has 0 aliphatic carbocycles. The number of ether oxygens (including phenoxy) is 1. The summed E-state index contributed by atoms with van der Waals surface area (Å²) in [5, 5.41) is 4.33. The number of hydrogen-bond donors (Lipinski definition) is 1. The maximum absolute atomic E-state index is 6.28. The monoisotopic (exact) mass is 259 g/mol. The van der Waals surface area contributed by atoms with Crippen molar-refractivity contribution in [3.8, 4) is 5.75 Å². The Balaban J connectivity index is 2.15. The van der Waals surface area contributed by atoms with Crippen LogP contribution in [0.1, 0.15) is 36.3 Å². The van der Waals surface area contributed by atoms with E-state index in [0.29, 0.717) is 0 Å². The predicted molar refractivity (Wildman–Crippen MR) is 76.2 cm³/mol. The minimum absolute atomic E-state index is 0.161. The van der Waals surface area contributed by atoms with Gasteiger partial charge in [-0.25, -0.2) is 0 Å². The van der Waals surface area contributed by atoms with Gasteiger partial charge in [0.05, 0.1) is 24.0 Å². The van der Waals surface area contributed by atoms with Crippen molar-refractivity contribution >= 4 is 0 Å². The normalized spacial score (nSPS) is 12.4. The number of aryl methyl sites for hydroxylation is 2. The Morgan fingerprint density at radius 2 is 2.00 bits per heavy atom. The van der Waals surface area contributed by atoms with Crippen LogP contribution in [0.15, 0.2) is 30.3 Å². The zero-order chi connectivity index (χ0) is 13.8. The minimum atomic E-state index is -0.161. The molecular weight excluding hydrogens is 238 g/mol. The number of nitrogens with zero attached hydrogens (tertiary/aromatic N) is 2. The summed E-state index contributed by atoms with van der Waals surface area (Å²) in [6.07, 6.45) is 1.01. The van der Waals surface area contributed by atoms with Gasteiger partial charge in [0.25, 0.3) is 0 Å². The van der Waals surface area contributed by atoms with Crippen molar-refractivity contribution in [1.29, 1.82) is 0 Å². The SMILES string of the molecule is CCCOc1ccc(C(N)c2cc(C)nn2C)cc1. The van der Waals surface area contributed by atoms with Crippen molar-refractivity contribution in [3.63, 3.8) is 0 Å². The zero-order valence-corrected chi connectivity index (χ0v) is 11.8. The molecule has 0 amide bonds. The second-order valence-corrected chi connectivity index (χ2v) is 4.73. The summed E-state index contributed by atoms with van der Waals surface area (Å²) >= 11 is 0. The van der Waals surface area contributed by atoms with Crippen LogP contribution < -0.4 is 10.5 Å². The molecule has 2 rings (SSSR count). The van der Waals surface area contributed by atoms with Crippen molar-refractivity contribution in [2.24, 2.45) is 12.8 Å². The molecule has 0 saturated carbocycles. The van der Waals surface area contributed by atoms with Gasteiger partial charge in [-0.2, -0.15) is 5.10 Å². The molecule has 0 aliphatic heterocycles. The van der Waals surface area contributed by atoms with Crippen LogP contribution in [0.5, 0.6) is 5.75 Å². The smallest absolute Gasteiger partial charge is 0.119 e. The van der Waals surface area contributed by atoms with E-state index in [0.717, 1.165) is 35.7 Å². The molecule has 0 fully saturated rings. The van der Waals surface area contributed by atoms with Gasteiger partial charge in [-0.05, 0) is 37.1 Å². The number of nitrogens with two attached hydrogens (primary N) is 1. The highest BCUT2D eigenvalue weighted by Gasteiger charge is 2.13. The molecule has 19 heavy (non-hydrogen) atoms. The van der Waals surface area contributed by atoms with E-state index in [1.807, 2.05) is 49.0 Å². The molecule has 1 unspecified atom stereocenters. The van der Waals surface area contributed by atoms with E-state index in [2.05, 4.69) is 12.0 Å². The summed E-state index contributed by atoms with van der Waals surface area (Å²) in [5.74, 6) is 0.888. The Bertz CT molecular complexity index is 531. The molecule has 1 atom stereocenters. The van der Waals surface area contributed by atoms with E-state index in [4.69, 9.17) is 10.5 Å². The molecule has 0 aliphatic rings. The topological polar surface area (TPSA) is 53.1 Å². The van der Waals surface area contributed by atoms with Crippen LogP contribution in [-0.2, 0) is 7.05 Å². The first kappa shape index (κ1) is 13.6. The molecule has 1 heterocycles. The number of aromatic nitrogens is 2. The van der Waals surface area contributed by atoms with Crippen molar-refractivity contribution in [3.05, 3.63) is 47.3 Å². The average Bonchev–Trinajstić information content (AvgIpc) is 2.75. The molecule has 1 aromatic heterocycles. The summed E-state index contributed by atoms with van der Waals surface area (Å²) in [6, 6.07) is 9.82. The molecule has 0 radical (unpaired) electrons. The minimum Gasteiger partial charge on any atom is -0.494 e. The lowest BCUT2D eigenvalue weighted by molar-refractivity contribution is 0.317. The lowest BCUT2D eigenvalue weighted by atomic mass is 10.0. The van der Waals surface area contributed by atoms with Crippen LogP contribution in [0.4, 0.5) is 0 Å². The third kappa shape index (κ3) is 3.15. The fourth-order valence-corrected chi connectivity index (χ4v) is 2.08. The Labute approximate surface area is 114 Å². The van der Waals surface area contributed by atoms with Crippen LogP contribution in [-0.4, -0.2) is 16.4 Å². The molecule has 102 valence electrons. The largest absolute Gasteiger partial charge is 0.494 e. The molecule has 1 aromatic carbocycles. The molecule has 0 saturated heterocycles. The molecular formula is C15H21N3O. The van der Waals surface area contributed by atoms with E-state index in [1.165, 1.54) is 0 Å². The zero-order valence-electron chi connectivity index (χ0n) is 11.8. The third-order valence-corrected chi connectivity index (χ3v) is 3.07. The Morgan fingerprint density at radius 3 is 2.53 bits per heavy atom. The quantitative estimate of drug-likeness (QED) is 0.897.